The van der Waals surface area contributed by atoms with Gasteiger partial charge in [-0.2, -0.15) is 4.39 Å². The largest absolute Gasteiger partial charge is 0.494 e. The number of rotatable bonds is 2. The highest BCUT2D eigenvalue weighted by Crippen LogP contribution is 2.47. The minimum atomic E-state index is -3.28. The lowest BCUT2D eigenvalue weighted by Crippen LogP contribution is -2.50. The molecule has 0 aromatic heterocycles. The summed E-state index contributed by atoms with van der Waals surface area (Å²) in [6.45, 7) is 0. The lowest BCUT2D eigenvalue weighted by atomic mass is 9.80. The van der Waals surface area contributed by atoms with E-state index in [-0.39, 0.29) is 24.2 Å². The SMILES string of the molecule is COc1ccc(C2(O)CC3CCCC(C2)S3(=O)=O)c(F)c1F. The van der Waals surface area contributed by atoms with E-state index < -0.39 is 37.6 Å². The molecule has 2 atom stereocenters. The molecule has 2 saturated heterocycles. The molecule has 2 fully saturated rings. The van der Waals surface area contributed by atoms with Crippen molar-refractivity contribution in [2.45, 2.75) is 48.2 Å². The topological polar surface area (TPSA) is 63.6 Å². The Morgan fingerprint density at radius 2 is 1.77 bits per heavy atom. The molecule has 0 saturated carbocycles. The van der Waals surface area contributed by atoms with Crippen LogP contribution in [0.15, 0.2) is 12.1 Å². The summed E-state index contributed by atoms with van der Waals surface area (Å²) >= 11 is 0. The highest BCUT2D eigenvalue weighted by atomic mass is 32.2. The van der Waals surface area contributed by atoms with E-state index in [0.717, 1.165) is 6.42 Å². The molecule has 0 aliphatic carbocycles. The summed E-state index contributed by atoms with van der Waals surface area (Å²) < 4.78 is 57.4. The molecule has 2 bridgehead atoms. The van der Waals surface area contributed by atoms with Crippen molar-refractivity contribution in [2.75, 3.05) is 7.11 Å². The van der Waals surface area contributed by atoms with Gasteiger partial charge in [0.2, 0.25) is 5.82 Å². The Bertz CT molecular complexity index is 682. The van der Waals surface area contributed by atoms with Gasteiger partial charge in [-0.15, -0.1) is 0 Å². The van der Waals surface area contributed by atoms with Crippen molar-refractivity contribution >= 4 is 9.84 Å². The lowest BCUT2D eigenvalue weighted by molar-refractivity contribution is 0.00120. The van der Waals surface area contributed by atoms with Crippen LogP contribution in [0.25, 0.3) is 0 Å². The highest BCUT2D eigenvalue weighted by molar-refractivity contribution is 7.92. The standard InChI is InChI=1S/C15H18F2O4S/c1-21-12-6-5-11(13(16)14(12)17)15(18)7-9-3-2-4-10(8-15)22(9,19)20/h5-6,9-10,18H,2-4,7-8H2,1H3. The van der Waals surface area contributed by atoms with E-state index in [1.165, 1.54) is 19.2 Å². The van der Waals surface area contributed by atoms with Gasteiger partial charge in [-0.25, -0.2) is 12.8 Å². The van der Waals surface area contributed by atoms with E-state index in [1.807, 2.05) is 0 Å². The van der Waals surface area contributed by atoms with Gasteiger partial charge in [-0.3, -0.25) is 0 Å². The monoisotopic (exact) mass is 332 g/mol. The van der Waals surface area contributed by atoms with Crippen LogP contribution in [0.3, 0.4) is 0 Å². The van der Waals surface area contributed by atoms with Crippen LogP contribution >= 0.6 is 0 Å². The van der Waals surface area contributed by atoms with E-state index in [2.05, 4.69) is 0 Å². The molecule has 4 nitrogen and oxygen atoms in total. The zero-order valence-electron chi connectivity index (χ0n) is 12.2. The first-order valence-electron chi connectivity index (χ1n) is 7.27. The van der Waals surface area contributed by atoms with Gasteiger partial charge in [0.1, 0.15) is 0 Å². The van der Waals surface area contributed by atoms with E-state index in [1.54, 1.807) is 0 Å². The highest BCUT2D eigenvalue weighted by Gasteiger charge is 2.52. The van der Waals surface area contributed by atoms with Gasteiger partial charge < -0.3 is 9.84 Å². The third-order valence-corrected chi connectivity index (χ3v) is 7.54. The second-order valence-electron chi connectivity index (χ2n) is 6.15. The molecule has 1 aromatic carbocycles. The number of aliphatic hydroxyl groups is 1. The molecule has 122 valence electrons. The Labute approximate surface area is 128 Å². The molecule has 2 heterocycles. The maximum absolute atomic E-state index is 14.3. The van der Waals surface area contributed by atoms with E-state index in [4.69, 9.17) is 4.74 Å². The molecule has 7 heteroatoms. The van der Waals surface area contributed by atoms with Crippen molar-refractivity contribution in [2.24, 2.45) is 0 Å². The maximum Gasteiger partial charge on any atom is 0.200 e. The van der Waals surface area contributed by atoms with Gasteiger partial charge in [0.15, 0.2) is 21.4 Å². The van der Waals surface area contributed by atoms with Crippen LogP contribution in [0.1, 0.15) is 37.7 Å². The number of sulfone groups is 1. The fraction of sp³-hybridized carbons (Fsp3) is 0.600. The summed E-state index contributed by atoms with van der Waals surface area (Å²) in [6, 6.07) is 2.54. The van der Waals surface area contributed by atoms with Crippen LogP contribution in [0.2, 0.25) is 0 Å². The molecule has 0 radical (unpaired) electrons. The van der Waals surface area contributed by atoms with Crippen LogP contribution in [0.4, 0.5) is 8.78 Å². The number of benzene rings is 1. The second kappa shape index (κ2) is 5.16. The van der Waals surface area contributed by atoms with Crippen molar-refractivity contribution in [3.8, 4) is 5.75 Å². The van der Waals surface area contributed by atoms with E-state index >= 15 is 0 Å². The molecular formula is C15H18F2O4S. The van der Waals surface area contributed by atoms with E-state index in [9.17, 15) is 22.3 Å². The average Bonchev–Trinajstić information content (AvgIpc) is 2.43. The zero-order chi connectivity index (χ0) is 16.1. The van der Waals surface area contributed by atoms with Crippen molar-refractivity contribution < 1.29 is 27.0 Å². The predicted molar refractivity (Wildman–Crippen MR) is 76.4 cm³/mol. The molecule has 1 aromatic rings. The summed E-state index contributed by atoms with van der Waals surface area (Å²) in [5.41, 5.74) is -1.84. The number of methoxy groups -OCH3 is 1. The molecule has 2 unspecified atom stereocenters. The van der Waals surface area contributed by atoms with E-state index in [0.29, 0.717) is 12.8 Å². The van der Waals surface area contributed by atoms with Crippen molar-refractivity contribution in [3.63, 3.8) is 0 Å². The van der Waals surface area contributed by atoms with Crippen molar-refractivity contribution in [3.05, 3.63) is 29.3 Å². The van der Waals surface area contributed by atoms with Crippen LogP contribution in [0, 0.1) is 11.6 Å². The molecule has 1 N–H and O–H groups in total. The summed E-state index contributed by atoms with van der Waals surface area (Å²) in [5.74, 6) is -2.57. The predicted octanol–water partition coefficient (Wildman–Crippen LogP) is 2.29. The van der Waals surface area contributed by atoms with Gasteiger partial charge in [0, 0.05) is 5.56 Å². The molecule has 2 aliphatic heterocycles. The Morgan fingerprint density at radius 1 is 1.18 bits per heavy atom. The van der Waals surface area contributed by atoms with Gasteiger partial charge >= 0.3 is 0 Å². The van der Waals surface area contributed by atoms with Crippen LogP contribution in [-0.2, 0) is 15.4 Å². The van der Waals surface area contributed by atoms with Crippen LogP contribution in [0.5, 0.6) is 5.75 Å². The molecule has 0 amide bonds. The summed E-state index contributed by atoms with van der Waals surface area (Å²) in [5, 5.41) is 9.47. The average molecular weight is 332 g/mol. The quantitative estimate of drug-likeness (QED) is 0.902. The first-order chi connectivity index (χ1) is 10.3. The van der Waals surface area contributed by atoms with Crippen LogP contribution < -0.4 is 4.74 Å². The first-order valence-corrected chi connectivity index (χ1v) is 8.88. The molecule has 0 spiro atoms. The summed E-state index contributed by atoms with van der Waals surface area (Å²) in [6.07, 6.45) is 1.52. The van der Waals surface area contributed by atoms with Gasteiger partial charge in [-0.1, -0.05) is 6.42 Å². The third kappa shape index (κ3) is 2.22. The molecule has 2 aliphatic rings. The van der Waals surface area contributed by atoms with Gasteiger partial charge in [0.05, 0.1) is 23.2 Å². The number of hydrogen-bond acceptors (Lipinski definition) is 4. The Morgan fingerprint density at radius 3 is 2.32 bits per heavy atom. The molecular weight excluding hydrogens is 314 g/mol. The smallest absolute Gasteiger partial charge is 0.200 e. The number of fused-ring (bicyclic) bond motifs is 2. The van der Waals surface area contributed by atoms with Gasteiger partial charge in [-0.05, 0) is 37.8 Å². The Hall–Kier alpha value is -1.21. The molecule has 22 heavy (non-hydrogen) atoms. The maximum atomic E-state index is 14.3. The van der Waals surface area contributed by atoms with Gasteiger partial charge in [0.25, 0.3) is 0 Å². The minimum Gasteiger partial charge on any atom is -0.494 e. The second-order valence-corrected chi connectivity index (χ2v) is 8.66. The Kier molecular flexibility index (Phi) is 3.68. The van der Waals surface area contributed by atoms with Crippen LogP contribution in [-0.4, -0.2) is 31.1 Å². The Balaban J connectivity index is 2.04. The van der Waals surface area contributed by atoms with Crippen molar-refractivity contribution in [1.29, 1.82) is 0 Å². The fourth-order valence-electron chi connectivity index (χ4n) is 3.72. The normalized spacial score (nSPS) is 33.5. The summed E-state index contributed by atoms with van der Waals surface area (Å²) in [4.78, 5) is 0. The number of halogens is 2. The molecule has 3 rings (SSSR count). The zero-order valence-corrected chi connectivity index (χ0v) is 13.0. The lowest BCUT2D eigenvalue weighted by Gasteiger charge is -2.44. The van der Waals surface area contributed by atoms with Crippen molar-refractivity contribution in [1.82, 2.24) is 0 Å². The summed E-state index contributed by atoms with van der Waals surface area (Å²) in [7, 11) is -2.06. The third-order valence-electron chi connectivity index (χ3n) is 4.88. The number of ether oxygens (including phenoxy) is 1. The minimum absolute atomic E-state index is 0.0888. The first kappa shape index (κ1) is 15.7. The fourth-order valence-corrected chi connectivity index (χ4v) is 6.27. The number of hydrogen-bond donors (Lipinski definition) is 1.